The molecule has 0 aromatic carbocycles. The van der Waals surface area contributed by atoms with Gasteiger partial charge in [-0.2, -0.15) is 0 Å². The summed E-state index contributed by atoms with van der Waals surface area (Å²) in [6.45, 7) is 14.2. The number of rotatable bonds is 4. The van der Waals surface area contributed by atoms with E-state index in [0.717, 1.165) is 6.42 Å². The molecule has 0 aliphatic rings. The van der Waals surface area contributed by atoms with E-state index in [1.807, 2.05) is 12.2 Å². The maximum atomic E-state index is 4.03. The SMILES string of the molecule is C=C/C=C(/CC)C(=C)C(C)C. The van der Waals surface area contributed by atoms with Gasteiger partial charge in [-0.05, 0) is 23.5 Å². The lowest BCUT2D eigenvalue weighted by molar-refractivity contribution is 0.770. The Bertz CT molecular complexity index is 170. The lowest BCUT2D eigenvalue weighted by Gasteiger charge is -2.11. The van der Waals surface area contributed by atoms with Crippen molar-refractivity contribution in [1.29, 1.82) is 0 Å². The lowest BCUT2D eigenvalue weighted by atomic mass is 9.95. The van der Waals surface area contributed by atoms with E-state index in [-0.39, 0.29) is 0 Å². The Morgan fingerprint density at radius 3 is 2.27 bits per heavy atom. The zero-order valence-electron chi connectivity index (χ0n) is 7.85. The van der Waals surface area contributed by atoms with Crippen LogP contribution in [0.25, 0.3) is 0 Å². The third-order valence-electron chi connectivity index (χ3n) is 1.81. The van der Waals surface area contributed by atoms with Crippen molar-refractivity contribution >= 4 is 0 Å². The number of hydrogen-bond acceptors (Lipinski definition) is 0. The summed E-state index contributed by atoms with van der Waals surface area (Å²) in [4.78, 5) is 0. The monoisotopic (exact) mass is 150 g/mol. The van der Waals surface area contributed by atoms with Gasteiger partial charge in [0.25, 0.3) is 0 Å². The quantitative estimate of drug-likeness (QED) is 0.536. The molecule has 0 rings (SSSR count). The molecule has 0 bridgehead atoms. The van der Waals surface area contributed by atoms with Crippen LogP contribution < -0.4 is 0 Å². The van der Waals surface area contributed by atoms with Crippen molar-refractivity contribution in [3.05, 3.63) is 36.5 Å². The van der Waals surface area contributed by atoms with E-state index in [1.54, 1.807) is 0 Å². The first kappa shape index (κ1) is 10.2. The largest absolute Gasteiger partial charge is 0.0991 e. The molecule has 0 unspecified atom stereocenters. The van der Waals surface area contributed by atoms with Crippen LogP contribution in [0.1, 0.15) is 27.2 Å². The van der Waals surface area contributed by atoms with Gasteiger partial charge < -0.3 is 0 Å². The summed E-state index contributed by atoms with van der Waals surface area (Å²) in [7, 11) is 0. The second-order valence-electron chi connectivity index (χ2n) is 2.96. The molecule has 0 aliphatic carbocycles. The second kappa shape index (κ2) is 4.95. The minimum atomic E-state index is 0.543. The van der Waals surface area contributed by atoms with Crippen LogP contribution in [0.4, 0.5) is 0 Å². The Labute approximate surface area is 70.3 Å². The van der Waals surface area contributed by atoms with Crippen LogP contribution in [-0.2, 0) is 0 Å². The molecule has 0 N–H and O–H groups in total. The van der Waals surface area contributed by atoms with Crippen molar-refractivity contribution in [1.82, 2.24) is 0 Å². The molecule has 0 fully saturated rings. The lowest BCUT2D eigenvalue weighted by Crippen LogP contribution is -1.95. The fourth-order valence-electron chi connectivity index (χ4n) is 0.965. The van der Waals surface area contributed by atoms with Gasteiger partial charge in [-0.1, -0.05) is 46.1 Å². The molecule has 0 nitrogen and oxygen atoms in total. The molecule has 0 saturated carbocycles. The third-order valence-corrected chi connectivity index (χ3v) is 1.81. The predicted molar refractivity (Wildman–Crippen MR) is 52.5 cm³/mol. The summed E-state index contributed by atoms with van der Waals surface area (Å²) < 4.78 is 0. The highest BCUT2D eigenvalue weighted by Crippen LogP contribution is 2.19. The van der Waals surface area contributed by atoms with E-state index >= 15 is 0 Å². The van der Waals surface area contributed by atoms with Gasteiger partial charge in [0.1, 0.15) is 0 Å². The van der Waals surface area contributed by atoms with Crippen LogP contribution in [0.5, 0.6) is 0 Å². The van der Waals surface area contributed by atoms with Crippen molar-refractivity contribution in [3.8, 4) is 0 Å². The molecule has 0 aromatic heterocycles. The van der Waals surface area contributed by atoms with Crippen LogP contribution in [0, 0.1) is 5.92 Å². The van der Waals surface area contributed by atoms with Gasteiger partial charge in [-0.25, -0.2) is 0 Å². The zero-order valence-corrected chi connectivity index (χ0v) is 7.85. The van der Waals surface area contributed by atoms with Gasteiger partial charge in [0.15, 0.2) is 0 Å². The molecule has 0 spiro atoms. The highest BCUT2D eigenvalue weighted by molar-refractivity contribution is 5.31. The van der Waals surface area contributed by atoms with Crippen LogP contribution in [0.3, 0.4) is 0 Å². The van der Waals surface area contributed by atoms with Gasteiger partial charge in [0, 0.05) is 0 Å². The maximum Gasteiger partial charge on any atom is -0.0222 e. The molecule has 0 amide bonds. The molecular formula is C11H18. The standard InChI is InChI=1S/C11H18/c1-6-8-11(7-2)10(5)9(3)4/h6,8-9H,1,5,7H2,2-4H3/b11-8-. The fourth-order valence-corrected chi connectivity index (χ4v) is 0.965. The Hall–Kier alpha value is -0.780. The highest BCUT2D eigenvalue weighted by Gasteiger charge is 2.02. The molecular weight excluding hydrogens is 132 g/mol. The molecule has 0 aromatic rings. The van der Waals surface area contributed by atoms with Crippen LogP contribution in [0.15, 0.2) is 36.5 Å². The number of allylic oxidation sites excluding steroid dienone is 4. The first-order valence-corrected chi connectivity index (χ1v) is 4.14. The van der Waals surface area contributed by atoms with E-state index in [2.05, 4.69) is 33.9 Å². The average Bonchev–Trinajstić information content (AvgIpc) is 1.98. The van der Waals surface area contributed by atoms with Crippen molar-refractivity contribution in [2.75, 3.05) is 0 Å². The summed E-state index contributed by atoms with van der Waals surface area (Å²) in [5.41, 5.74) is 2.54. The van der Waals surface area contributed by atoms with Crippen molar-refractivity contribution in [2.24, 2.45) is 5.92 Å². The molecule has 0 aliphatic heterocycles. The van der Waals surface area contributed by atoms with E-state index in [0.29, 0.717) is 5.92 Å². The van der Waals surface area contributed by atoms with E-state index < -0.39 is 0 Å². The van der Waals surface area contributed by atoms with Crippen molar-refractivity contribution < 1.29 is 0 Å². The molecule has 0 radical (unpaired) electrons. The Kier molecular flexibility index (Phi) is 4.60. The minimum Gasteiger partial charge on any atom is -0.0991 e. The van der Waals surface area contributed by atoms with Crippen LogP contribution >= 0.6 is 0 Å². The Morgan fingerprint density at radius 2 is 2.00 bits per heavy atom. The Balaban J connectivity index is 4.38. The van der Waals surface area contributed by atoms with Gasteiger partial charge in [0.05, 0.1) is 0 Å². The zero-order chi connectivity index (χ0) is 8.85. The van der Waals surface area contributed by atoms with Crippen LogP contribution in [-0.4, -0.2) is 0 Å². The predicted octanol–water partition coefficient (Wildman–Crippen LogP) is 3.72. The summed E-state index contributed by atoms with van der Waals surface area (Å²) in [6.07, 6.45) is 4.91. The fraction of sp³-hybridized carbons (Fsp3) is 0.455. The van der Waals surface area contributed by atoms with E-state index in [9.17, 15) is 0 Å². The average molecular weight is 150 g/mol. The van der Waals surface area contributed by atoms with Gasteiger partial charge >= 0.3 is 0 Å². The van der Waals surface area contributed by atoms with Gasteiger partial charge in [-0.3, -0.25) is 0 Å². The molecule has 0 atom stereocenters. The normalized spacial score (nSPS) is 11.8. The molecule has 0 saturated heterocycles. The highest BCUT2D eigenvalue weighted by atomic mass is 14.1. The minimum absolute atomic E-state index is 0.543. The third kappa shape index (κ3) is 3.22. The first-order chi connectivity index (χ1) is 5.13. The smallest absolute Gasteiger partial charge is 0.0222 e. The molecule has 0 heteroatoms. The maximum absolute atomic E-state index is 4.03. The molecule has 0 heterocycles. The van der Waals surface area contributed by atoms with E-state index in [1.165, 1.54) is 11.1 Å². The summed E-state index contributed by atoms with van der Waals surface area (Å²) in [5.74, 6) is 0.543. The first-order valence-electron chi connectivity index (χ1n) is 4.14. The Morgan fingerprint density at radius 1 is 1.45 bits per heavy atom. The van der Waals surface area contributed by atoms with Crippen molar-refractivity contribution in [3.63, 3.8) is 0 Å². The number of hydrogen-bond donors (Lipinski definition) is 0. The van der Waals surface area contributed by atoms with Crippen LogP contribution in [0.2, 0.25) is 0 Å². The van der Waals surface area contributed by atoms with Gasteiger partial charge in [-0.15, -0.1) is 0 Å². The molecule has 62 valence electrons. The summed E-state index contributed by atoms with van der Waals surface area (Å²) >= 11 is 0. The van der Waals surface area contributed by atoms with Gasteiger partial charge in [0.2, 0.25) is 0 Å². The van der Waals surface area contributed by atoms with E-state index in [4.69, 9.17) is 0 Å². The van der Waals surface area contributed by atoms with Crippen molar-refractivity contribution in [2.45, 2.75) is 27.2 Å². The topological polar surface area (TPSA) is 0 Å². The summed E-state index contributed by atoms with van der Waals surface area (Å²) in [5, 5.41) is 0. The summed E-state index contributed by atoms with van der Waals surface area (Å²) in [6, 6.07) is 0. The second-order valence-corrected chi connectivity index (χ2v) is 2.96. The molecule has 11 heavy (non-hydrogen) atoms.